The van der Waals surface area contributed by atoms with Crippen LogP contribution in [-0.2, 0) is 0 Å². The molecule has 2 aromatic carbocycles. The van der Waals surface area contributed by atoms with E-state index in [1.165, 1.54) is 7.05 Å². The Labute approximate surface area is 99.9 Å². The standard InChI is InChI=1S/C14H12NO2/c1-15(17)13-9-7-12(8-10-13)14(16)11-5-3-2-4-6-11/h2-10H,1H3/q-1. The molecule has 0 saturated carbocycles. The van der Waals surface area contributed by atoms with Crippen LogP contribution in [0, 0.1) is 5.21 Å². The minimum atomic E-state index is -0.0364. The number of nitrogens with zero attached hydrogens (tertiary/aromatic N) is 1. The fourth-order valence-electron chi connectivity index (χ4n) is 1.58. The number of hydrogen-bond donors (Lipinski definition) is 0. The first kappa shape index (κ1) is 11.4. The molecule has 17 heavy (non-hydrogen) atoms. The Morgan fingerprint density at radius 1 is 0.941 bits per heavy atom. The van der Waals surface area contributed by atoms with Gasteiger partial charge < -0.3 is 10.3 Å². The van der Waals surface area contributed by atoms with E-state index in [0.29, 0.717) is 16.8 Å². The molecular weight excluding hydrogens is 214 g/mol. The van der Waals surface area contributed by atoms with Crippen LogP contribution in [0.2, 0.25) is 0 Å². The number of carbonyl (C=O) groups is 1. The van der Waals surface area contributed by atoms with Gasteiger partial charge in [0.15, 0.2) is 5.78 Å². The molecule has 0 fully saturated rings. The summed E-state index contributed by atoms with van der Waals surface area (Å²) in [5, 5.41) is 11.8. The Bertz CT molecular complexity index is 504. The topological polar surface area (TPSA) is 43.4 Å². The van der Waals surface area contributed by atoms with Crippen molar-refractivity contribution in [3.05, 3.63) is 70.9 Å². The second-order valence-corrected chi connectivity index (χ2v) is 3.74. The summed E-state index contributed by atoms with van der Waals surface area (Å²) >= 11 is 0. The summed E-state index contributed by atoms with van der Waals surface area (Å²) in [5.74, 6) is -0.0364. The Kier molecular flexibility index (Phi) is 3.21. The fraction of sp³-hybridized carbons (Fsp3) is 0.0714. The van der Waals surface area contributed by atoms with Crippen molar-refractivity contribution in [2.24, 2.45) is 0 Å². The van der Waals surface area contributed by atoms with Crippen LogP contribution in [0.5, 0.6) is 0 Å². The van der Waals surface area contributed by atoms with Crippen molar-refractivity contribution in [1.29, 1.82) is 0 Å². The maximum absolute atomic E-state index is 12.0. The third-order valence-corrected chi connectivity index (χ3v) is 2.53. The summed E-state index contributed by atoms with van der Waals surface area (Å²) in [5.41, 5.74) is 1.77. The second kappa shape index (κ2) is 4.80. The van der Waals surface area contributed by atoms with E-state index in [1.54, 1.807) is 36.4 Å². The number of ketones is 1. The average Bonchev–Trinajstić information content (AvgIpc) is 2.39. The van der Waals surface area contributed by atoms with Crippen molar-refractivity contribution in [2.45, 2.75) is 0 Å². The number of rotatable bonds is 3. The minimum Gasteiger partial charge on any atom is -0.758 e. The van der Waals surface area contributed by atoms with Gasteiger partial charge in [-0.25, -0.2) is 0 Å². The Morgan fingerprint density at radius 2 is 1.47 bits per heavy atom. The van der Waals surface area contributed by atoms with Crippen molar-refractivity contribution >= 4 is 11.5 Å². The van der Waals surface area contributed by atoms with Gasteiger partial charge in [0.1, 0.15) is 0 Å². The third kappa shape index (κ3) is 2.52. The molecule has 0 aliphatic rings. The Balaban J connectivity index is 2.27. The summed E-state index contributed by atoms with van der Waals surface area (Å²) in [6.45, 7) is 0. The number of anilines is 1. The molecule has 0 bridgehead atoms. The number of hydrogen-bond acceptors (Lipinski definition) is 3. The zero-order chi connectivity index (χ0) is 12.3. The molecule has 3 nitrogen and oxygen atoms in total. The number of benzene rings is 2. The van der Waals surface area contributed by atoms with Crippen LogP contribution in [0.4, 0.5) is 5.69 Å². The third-order valence-electron chi connectivity index (χ3n) is 2.53. The van der Waals surface area contributed by atoms with Crippen LogP contribution in [0.1, 0.15) is 15.9 Å². The zero-order valence-corrected chi connectivity index (χ0v) is 9.46. The van der Waals surface area contributed by atoms with Crippen LogP contribution in [0.15, 0.2) is 54.6 Å². The van der Waals surface area contributed by atoms with Crippen LogP contribution in [0.25, 0.3) is 0 Å². The lowest BCUT2D eigenvalue weighted by Gasteiger charge is -2.24. The van der Waals surface area contributed by atoms with Crippen LogP contribution >= 0.6 is 0 Å². The van der Waals surface area contributed by atoms with Gasteiger partial charge in [-0.15, -0.1) is 0 Å². The first-order valence-electron chi connectivity index (χ1n) is 5.29. The first-order valence-corrected chi connectivity index (χ1v) is 5.29. The lowest BCUT2D eigenvalue weighted by molar-refractivity contribution is 0.103. The lowest BCUT2D eigenvalue weighted by atomic mass is 10.0. The highest BCUT2D eigenvalue weighted by molar-refractivity contribution is 6.09. The summed E-state index contributed by atoms with van der Waals surface area (Å²) < 4.78 is 0. The van der Waals surface area contributed by atoms with E-state index < -0.39 is 0 Å². The number of hydroxylamine groups is 1. The predicted octanol–water partition coefficient (Wildman–Crippen LogP) is 2.85. The molecule has 0 atom stereocenters. The highest BCUT2D eigenvalue weighted by atomic mass is 16.5. The first-order chi connectivity index (χ1) is 8.18. The minimum absolute atomic E-state index is 0.0364. The average molecular weight is 226 g/mol. The van der Waals surface area contributed by atoms with Crippen molar-refractivity contribution in [1.82, 2.24) is 0 Å². The smallest absolute Gasteiger partial charge is 0.193 e. The maximum Gasteiger partial charge on any atom is 0.193 e. The normalized spacial score (nSPS) is 10.0. The molecule has 0 aliphatic carbocycles. The molecule has 0 unspecified atom stereocenters. The molecule has 0 saturated heterocycles. The molecule has 0 N–H and O–H groups in total. The number of carbonyl (C=O) groups excluding carboxylic acids is 1. The molecule has 86 valence electrons. The molecule has 0 aliphatic heterocycles. The molecule has 0 radical (unpaired) electrons. The highest BCUT2D eigenvalue weighted by Gasteiger charge is 2.07. The lowest BCUT2D eigenvalue weighted by Crippen LogP contribution is -2.06. The van der Waals surface area contributed by atoms with Crippen LogP contribution < -0.4 is 5.06 Å². The van der Waals surface area contributed by atoms with Crippen molar-refractivity contribution < 1.29 is 4.79 Å². The highest BCUT2D eigenvalue weighted by Crippen LogP contribution is 2.15. The monoisotopic (exact) mass is 226 g/mol. The molecule has 0 heterocycles. The predicted molar refractivity (Wildman–Crippen MR) is 68.1 cm³/mol. The van der Waals surface area contributed by atoms with Gasteiger partial charge in [0.05, 0.1) is 0 Å². The molecule has 0 spiro atoms. The van der Waals surface area contributed by atoms with E-state index in [-0.39, 0.29) is 5.78 Å². The molecule has 0 aromatic heterocycles. The van der Waals surface area contributed by atoms with Gasteiger partial charge in [0.25, 0.3) is 0 Å². The van der Waals surface area contributed by atoms with Gasteiger partial charge >= 0.3 is 0 Å². The maximum atomic E-state index is 12.0. The fourth-order valence-corrected chi connectivity index (χ4v) is 1.58. The van der Waals surface area contributed by atoms with E-state index >= 15 is 0 Å². The van der Waals surface area contributed by atoms with Gasteiger partial charge in [0, 0.05) is 16.8 Å². The summed E-state index contributed by atoms with van der Waals surface area (Å²) in [7, 11) is 1.42. The quantitative estimate of drug-likeness (QED) is 0.597. The molecule has 0 amide bonds. The largest absolute Gasteiger partial charge is 0.758 e. The molecular formula is C14H12NO2-. The zero-order valence-electron chi connectivity index (χ0n) is 9.46. The van der Waals surface area contributed by atoms with Gasteiger partial charge in [0.2, 0.25) is 0 Å². The van der Waals surface area contributed by atoms with Gasteiger partial charge in [-0.3, -0.25) is 4.79 Å². The Morgan fingerprint density at radius 3 is 2.00 bits per heavy atom. The van der Waals surface area contributed by atoms with E-state index in [4.69, 9.17) is 0 Å². The van der Waals surface area contributed by atoms with E-state index in [9.17, 15) is 10.0 Å². The van der Waals surface area contributed by atoms with Gasteiger partial charge in [-0.05, 0) is 31.3 Å². The Hall–Kier alpha value is -2.13. The summed E-state index contributed by atoms with van der Waals surface area (Å²) in [6.07, 6.45) is 0. The van der Waals surface area contributed by atoms with Crippen molar-refractivity contribution in [3.8, 4) is 0 Å². The van der Waals surface area contributed by atoms with Crippen molar-refractivity contribution in [2.75, 3.05) is 12.1 Å². The molecule has 2 aromatic rings. The van der Waals surface area contributed by atoms with Gasteiger partial charge in [-0.1, -0.05) is 30.3 Å². The van der Waals surface area contributed by atoms with E-state index in [1.807, 2.05) is 18.2 Å². The van der Waals surface area contributed by atoms with Crippen LogP contribution in [0.3, 0.4) is 0 Å². The second-order valence-electron chi connectivity index (χ2n) is 3.74. The van der Waals surface area contributed by atoms with E-state index in [2.05, 4.69) is 0 Å². The summed E-state index contributed by atoms with van der Waals surface area (Å²) in [4.78, 5) is 12.0. The van der Waals surface area contributed by atoms with Crippen molar-refractivity contribution in [3.63, 3.8) is 0 Å². The van der Waals surface area contributed by atoms with E-state index in [0.717, 1.165) is 5.06 Å². The molecule has 3 heteroatoms. The SMILES string of the molecule is CN([O-])c1ccc(C(=O)c2ccccc2)cc1. The van der Waals surface area contributed by atoms with Gasteiger partial charge in [-0.2, -0.15) is 0 Å². The molecule has 2 rings (SSSR count). The van der Waals surface area contributed by atoms with Crippen LogP contribution in [-0.4, -0.2) is 12.8 Å². The summed E-state index contributed by atoms with van der Waals surface area (Å²) in [6, 6.07) is 15.7.